The molecule has 1 fully saturated rings. The molecule has 2 N–H and O–H groups in total. The highest BCUT2D eigenvalue weighted by atomic mass is 79.9. The molecule has 108 valence electrons. The maximum absolute atomic E-state index is 12.2. The van der Waals surface area contributed by atoms with Crippen molar-refractivity contribution in [3.63, 3.8) is 0 Å². The molecule has 7 heteroatoms. The summed E-state index contributed by atoms with van der Waals surface area (Å²) < 4.78 is 0.666. The highest BCUT2D eigenvalue weighted by molar-refractivity contribution is 9.10. The van der Waals surface area contributed by atoms with Gasteiger partial charge in [0.15, 0.2) is 0 Å². The SMILES string of the molecule is CC1(C(=O)O)CCCN1C(=O)Nc1ccc(Cl)c(Br)c1. The summed E-state index contributed by atoms with van der Waals surface area (Å²) in [6, 6.07) is 4.58. The average Bonchev–Trinajstić information content (AvgIpc) is 2.77. The van der Waals surface area contributed by atoms with Crippen LogP contribution in [0.5, 0.6) is 0 Å². The number of rotatable bonds is 2. The molecule has 0 saturated carbocycles. The van der Waals surface area contributed by atoms with Gasteiger partial charge in [-0.2, -0.15) is 0 Å². The van der Waals surface area contributed by atoms with Gasteiger partial charge in [0.2, 0.25) is 0 Å². The number of urea groups is 1. The minimum atomic E-state index is -1.15. The molecule has 2 amide bonds. The number of hydrogen-bond donors (Lipinski definition) is 2. The number of halogens is 2. The Morgan fingerprint density at radius 2 is 2.20 bits per heavy atom. The number of likely N-dealkylation sites (tertiary alicyclic amines) is 1. The van der Waals surface area contributed by atoms with Crippen LogP contribution in [0.25, 0.3) is 0 Å². The van der Waals surface area contributed by atoms with Gasteiger partial charge in [-0.15, -0.1) is 0 Å². The molecule has 20 heavy (non-hydrogen) atoms. The van der Waals surface area contributed by atoms with Crippen molar-refractivity contribution in [2.24, 2.45) is 0 Å². The summed E-state index contributed by atoms with van der Waals surface area (Å²) in [5.74, 6) is -0.984. The molecule has 1 aromatic carbocycles. The molecule has 1 saturated heterocycles. The van der Waals surface area contributed by atoms with Crippen LogP contribution in [0.15, 0.2) is 22.7 Å². The van der Waals surface area contributed by atoms with Crippen molar-refractivity contribution < 1.29 is 14.7 Å². The Balaban J connectivity index is 2.15. The zero-order valence-corrected chi connectivity index (χ0v) is 13.2. The van der Waals surface area contributed by atoms with Crippen LogP contribution in [0.4, 0.5) is 10.5 Å². The first kappa shape index (κ1) is 15.1. The molecule has 1 aliphatic heterocycles. The van der Waals surface area contributed by atoms with Gasteiger partial charge in [-0.1, -0.05) is 11.6 Å². The first-order chi connectivity index (χ1) is 9.34. The molecule has 0 bridgehead atoms. The Labute approximate surface area is 130 Å². The van der Waals surface area contributed by atoms with Crippen LogP contribution in [-0.2, 0) is 4.79 Å². The topological polar surface area (TPSA) is 69.6 Å². The summed E-state index contributed by atoms with van der Waals surface area (Å²) in [4.78, 5) is 24.9. The van der Waals surface area contributed by atoms with E-state index in [1.165, 1.54) is 4.90 Å². The number of nitrogens with zero attached hydrogens (tertiary/aromatic N) is 1. The maximum atomic E-state index is 12.2. The quantitative estimate of drug-likeness (QED) is 0.846. The molecule has 1 unspecified atom stereocenters. The standard InChI is InChI=1S/C13H14BrClN2O3/c1-13(11(18)19)5-2-6-17(13)12(20)16-8-3-4-10(15)9(14)7-8/h3-4,7H,2,5-6H2,1H3,(H,16,20)(H,18,19). The second-order valence-electron chi connectivity index (χ2n) is 4.89. The third kappa shape index (κ3) is 2.76. The predicted molar refractivity (Wildman–Crippen MR) is 80.2 cm³/mol. The van der Waals surface area contributed by atoms with Gasteiger partial charge in [0.25, 0.3) is 0 Å². The fraction of sp³-hybridized carbons (Fsp3) is 0.385. The maximum Gasteiger partial charge on any atom is 0.329 e. The summed E-state index contributed by atoms with van der Waals surface area (Å²) in [5.41, 5.74) is -0.584. The Bertz CT molecular complexity index is 567. The number of anilines is 1. The van der Waals surface area contributed by atoms with Gasteiger partial charge < -0.3 is 15.3 Å². The van der Waals surface area contributed by atoms with Gasteiger partial charge in [-0.25, -0.2) is 9.59 Å². The van der Waals surface area contributed by atoms with Crippen LogP contribution < -0.4 is 5.32 Å². The minimum absolute atomic E-state index is 0.415. The van der Waals surface area contributed by atoms with Gasteiger partial charge in [0.05, 0.1) is 5.02 Å². The molecular weight excluding hydrogens is 348 g/mol. The number of carboxylic acids is 1. The van der Waals surface area contributed by atoms with Crippen molar-refractivity contribution in [2.45, 2.75) is 25.3 Å². The normalized spacial score (nSPS) is 21.9. The van der Waals surface area contributed by atoms with Crippen molar-refractivity contribution >= 4 is 45.2 Å². The highest BCUT2D eigenvalue weighted by Crippen LogP contribution is 2.31. The number of hydrogen-bond acceptors (Lipinski definition) is 2. The van der Waals surface area contributed by atoms with Crippen molar-refractivity contribution in [1.29, 1.82) is 0 Å². The molecule has 1 aliphatic rings. The summed E-state index contributed by atoms with van der Waals surface area (Å²) in [6.07, 6.45) is 1.14. The van der Waals surface area contributed by atoms with Crippen LogP contribution in [-0.4, -0.2) is 34.1 Å². The van der Waals surface area contributed by atoms with E-state index in [1.54, 1.807) is 25.1 Å². The van der Waals surface area contributed by atoms with E-state index in [4.69, 9.17) is 11.6 Å². The molecule has 1 aromatic rings. The number of carbonyl (C=O) groups excluding carboxylic acids is 1. The van der Waals surface area contributed by atoms with Crippen LogP contribution in [0.1, 0.15) is 19.8 Å². The molecule has 0 spiro atoms. The Morgan fingerprint density at radius 1 is 1.50 bits per heavy atom. The first-order valence-corrected chi connectivity index (χ1v) is 7.29. The second-order valence-corrected chi connectivity index (χ2v) is 6.15. The van der Waals surface area contributed by atoms with Crippen LogP contribution in [0.2, 0.25) is 5.02 Å². The molecule has 0 aromatic heterocycles. The Morgan fingerprint density at radius 3 is 2.80 bits per heavy atom. The fourth-order valence-electron chi connectivity index (χ4n) is 2.28. The summed E-state index contributed by atoms with van der Waals surface area (Å²) in [6.45, 7) is 2.00. The van der Waals surface area contributed by atoms with Crippen molar-refractivity contribution in [2.75, 3.05) is 11.9 Å². The third-order valence-electron chi connectivity index (χ3n) is 3.52. The average molecular weight is 362 g/mol. The van der Waals surface area contributed by atoms with Crippen LogP contribution in [0.3, 0.4) is 0 Å². The summed E-state index contributed by atoms with van der Waals surface area (Å²) in [7, 11) is 0. The van der Waals surface area contributed by atoms with Crippen molar-refractivity contribution in [1.82, 2.24) is 4.90 Å². The van der Waals surface area contributed by atoms with Crippen LogP contribution in [0, 0.1) is 0 Å². The largest absolute Gasteiger partial charge is 0.480 e. The summed E-state index contributed by atoms with van der Waals surface area (Å²) in [5, 5.41) is 12.5. The van der Waals surface area contributed by atoms with E-state index < -0.39 is 17.5 Å². The van der Waals surface area contributed by atoms with E-state index in [1.807, 2.05) is 0 Å². The number of carboxylic acid groups (broad SMARTS) is 1. The molecule has 1 heterocycles. The number of amides is 2. The lowest BCUT2D eigenvalue weighted by Crippen LogP contribution is -2.52. The molecule has 5 nitrogen and oxygen atoms in total. The number of carbonyl (C=O) groups is 2. The second kappa shape index (κ2) is 5.61. The number of benzene rings is 1. The fourth-order valence-corrected chi connectivity index (χ4v) is 2.77. The molecular formula is C13H14BrClN2O3. The predicted octanol–water partition coefficient (Wildman–Crippen LogP) is 3.57. The van der Waals surface area contributed by atoms with Gasteiger partial charge in [0.1, 0.15) is 5.54 Å². The van der Waals surface area contributed by atoms with E-state index in [-0.39, 0.29) is 0 Å². The monoisotopic (exact) mass is 360 g/mol. The zero-order chi connectivity index (χ0) is 14.9. The summed E-state index contributed by atoms with van der Waals surface area (Å²) >= 11 is 9.16. The molecule has 0 aliphatic carbocycles. The van der Waals surface area contributed by atoms with Gasteiger partial charge in [-0.3, -0.25) is 0 Å². The lowest BCUT2D eigenvalue weighted by Gasteiger charge is -2.31. The van der Waals surface area contributed by atoms with E-state index in [9.17, 15) is 14.7 Å². The van der Waals surface area contributed by atoms with Crippen LogP contribution >= 0.6 is 27.5 Å². The lowest BCUT2D eigenvalue weighted by molar-refractivity contribution is -0.146. The molecule has 2 rings (SSSR count). The van der Waals surface area contributed by atoms with E-state index in [2.05, 4.69) is 21.2 Å². The van der Waals surface area contributed by atoms with E-state index in [0.29, 0.717) is 34.6 Å². The number of nitrogens with one attached hydrogen (secondary N) is 1. The van der Waals surface area contributed by atoms with Gasteiger partial charge in [-0.05, 0) is 53.9 Å². The first-order valence-electron chi connectivity index (χ1n) is 6.11. The lowest BCUT2D eigenvalue weighted by atomic mass is 10.00. The minimum Gasteiger partial charge on any atom is -0.480 e. The van der Waals surface area contributed by atoms with Crippen molar-refractivity contribution in [3.8, 4) is 0 Å². The van der Waals surface area contributed by atoms with Gasteiger partial charge >= 0.3 is 12.0 Å². The number of aliphatic carboxylic acids is 1. The molecule has 0 radical (unpaired) electrons. The smallest absolute Gasteiger partial charge is 0.329 e. The van der Waals surface area contributed by atoms with E-state index in [0.717, 1.165) is 0 Å². The van der Waals surface area contributed by atoms with E-state index >= 15 is 0 Å². The molecule has 1 atom stereocenters. The Hall–Kier alpha value is -1.27. The zero-order valence-electron chi connectivity index (χ0n) is 10.8. The van der Waals surface area contributed by atoms with Crippen molar-refractivity contribution in [3.05, 3.63) is 27.7 Å². The highest BCUT2D eigenvalue weighted by Gasteiger charge is 2.46. The Kier molecular flexibility index (Phi) is 4.25. The van der Waals surface area contributed by atoms with Gasteiger partial charge in [0, 0.05) is 16.7 Å². The third-order valence-corrected chi connectivity index (χ3v) is 4.73.